The van der Waals surface area contributed by atoms with Gasteiger partial charge in [-0.3, -0.25) is 14.3 Å². The molecule has 0 aromatic heterocycles. The molecule has 5 nitrogen and oxygen atoms in total. The Morgan fingerprint density at radius 1 is 1.43 bits per heavy atom. The van der Waals surface area contributed by atoms with Crippen molar-refractivity contribution in [1.29, 1.82) is 0 Å². The normalized spacial score (nSPS) is 11.6. The Kier molecular flexibility index (Phi) is 5.38. The fourth-order valence-corrected chi connectivity index (χ4v) is 1.26. The van der Waals surface area contributed by atoms with Gasteiger partial charge in [-0.25, -0.2) is 4.39 Å². The molecule has 0 bridgehead atoms. The monoisotopic (exact) mass is 227 g/mol. The minimum Gasteiger partial charge on any atom is -0.768 e. The third kappa shape index (κ3) is 3.10. The fourth-order valence-electron chi connectivity index (χ4n) is 0.774. The number of nitro benzene ring substituents is 1. The molecular formula is C6H3FNNaO4S. The second kappa shape index (κ2) is 5.52. The quantitative estimate of drug-likeness (QED) is 0.252. The van der Waals surface area contributed by atoms with Crippen LogP contribution in [0.2, 0.25) is 0 Å². The molecule has 1 atom stereocenters. The van der Waals surface area contributed by atoms with E-state index < -0.39 is 32.4 Å². The van der Waals surface area contributed by atoms with Gasteiger partial charge in [0.25, 0.3) is 5.69 Å². The largest absolute Gasteiger partial charge is 1.00 e. The van der Waals surface area contributed by atoms with Gasteiger partial charge in [0.15, 0.2) is 0 Å². The Balaban J connectivity index is 0.00000169. The maximum absolute atomic E-state index is 12.5. The van der Waals surface area contributed by atoms with Gasteiger partial charge in [0, 0.05) is 0 Å². The summed E-state index contributed by atoms with van der Waals surface area (Å²) in [5.41, 5.74) is -0.756. The third-order valence-corrected chi connectivity index (χ3v) is 2.00. The number of nitrogens with zero attached hydrogens (tertiary/aromatic N) is 1. The molecule has 1 aromatic rings. The minimum atomic E-state index is -2.73. The van der Waals surface area contributed by atoms with E-state index in [0.29, 0.717) is 6.07 Å². The summed E-state index contributed by atoms with van der Waals surface area (Å²) < 4.78 is 33.3. The predicted octanol–water partition coefficient (Wildman–Crippen LogP) is -2.02. The van der Waals surface area contributed by atoms with Crippen molar-refractivity contribution in [3.63, 3.8) is 0 Å². The first kappa shape index (κ1) is 13.7. The average Bonchev–Trinajstić information content (AvgIpc) is 2.03. The third-order valence-electron chi connectivity index (χ3n) is 1.30. The van der Waals surface area contributed by atoms with Gasteiger partial charge >= 0.3 is 29.6 Å². The van der Waals surface area contributed by atoms with E-state index in [2.05, 4.69) is 0 Å². The summed E-state index contributed by atoms with van der Waals surface area (Å²) in [5, 5.41) is 10.2. The number of rotatable bonds is 2. The summed E-state index contributed by atoms with van der Waals surface area (Å²) in [6.45, 7) is 0. The summed E-state index contributed by atoms with van der Waals surface area (Å²) in [6, 6.07) is 2.25. The van der Waals surface area contributed by atoms with Crippen LogP contribution < -0.4 is 29.6 Å². The zero-order valence-corrected chi connectivity index (χ0v) is 9.91. The minimum absolute atomic E-state index is 0. The molecule has 0 N–H and O–H groups in total. The van der Waals surface area contributed by atoms with Crippen LogP contribution in [0.5, 0.6) is 0 Å². The Bertz CT molecular complexity index is 386. The Hall–Kier alpha value is -0.340. The molecule has 0 saturated carbocycles. The van der Waals surface area contributed by atoms with E-state index in [1.54, 1.807) is 0 Å². The molecule has 8 heteroatoms. The number of nitro groups is 1. The van der Waals surface area contributed by atoms with E-state index in [4.69, 9.17) is 0 Å². The van der Waals surface area contributed by atoms with Crippen LogP contribution in [0.1, 0.15) is 0 Å². The molecule has 0 aliphatic rings. The zero-order valence-electron chi connectivity index (χ0n) is 7.10. The molecule has 1 unspecified atom stereocenters. The van der Waals surface area contributed by atoms with Gasteiger partial charge in [0.1, 0.15) is 10.7 Å². The number of benzene rings is 1. The zero-order chi connectivity index (χ0) is 10.0. The molecule has 0 saturated heterocycles. The smallest absolute Gasteiger partial charge is 0.768 e. The first-order chi connectivity index (χ1) is 6.02. The molecule has 0 aliphatic heterocycles. The van der Waals surface area contributed by atoms with E-state index in [1.165, 1.54) is 0 Å². The van der Waals surface area contributed by atoms with Crippen LogP contribution in [0.25, 0.3) is 0 Å². The van der Waals surface area contributed by atoms with Crippen molar-refractivity contribution in [1.82, 2.24) is 0 Å². The average molecular weight is 227 g/mol. The van der Waals surface area contributed by atoms with Gasteiger partial charge < -0.3 is 4.55 Å². The SMILES string of the molecule is O=[N+]([O-])c1cc(F)ccc1S(=O)[O-].[Na+]. The Labute approximate surface area is 103 Å². The van der Waals surface area contributed by atoms with Crippen LogP contribution in [0, 0.1) is 15.9 Å². The maximum Gasteiger partial charge on any atom is 1.00 e. The molecule has 14 heavy (non-hydrogen) atoms. The van der Waals surface area contributed by atoms with Gasteiger partial charge in [-0.15, -0.1) is 0 Å². The summed E-state index contributed by atoms with van der Waals surface area (Å²) in [5.74, 6) is -0.846. The maximum atomic E-state index is 12.5. The van der Waals surface area contributed by atoms with Gasteiger partial charge in [0.2, 0.25) is 0 Å². The van der Waals surface area contributed by atoms with Crippen molar-refractivity contribution in [2.75, 3.05) is 0 Å². The molecule has 0 fully saturated rings. The van der Waals surface area contributed by atoms with Gasteiger partial charge in [-0.2, -0.15) is 0 Å². The molecule has 1 rings (SSSR count). The topological polar surface area (TPSA) is 83.3 Å². The van der Waals surface area contributed by atoms with Gasteiger partial charge in [-0.1, -0.05) is 0 Å². The second-order valence-electron chi connectivity index (χ2n) is 2.10. The van der Waals surface area contributed by atoms with Crippen molar-refractivity contribution >= 4 is 16.8 Å². The van der Waals surface area contributed by atoms with Crippen molar-refractivity contribution in [3.8, 4) is 0 Å². The molecule has 1 aromatic carbocycles. The van der Waals surface area contributed by atoms with E-state index in [-0.39, 0.29) is 29.6 Å². The molecule has 0 radical (unpaired) electrons. The fraction of sp³-hybridized carbons (Fsp3) is 0. The molecule has 0 spiro atoms. The van der Waals surface area contributed by atoms with Crippen LogP contribution >= 0.6 is 0 Å². The van der Waals surface area contributed by atoms with Crippen molar-refractivity contribution in [2.24, 2.45) is 0 Å². The Morgan fingerprint density at radius 3 is 2.43 bits per heavy atom. The van der Waals surface area contributed by atoms with Crippen molar-refractivity contribution < 1.29 is 47.6 Å². The summed E-state index contributed by atoms with van der Waals surface area (Å²) >= 11 is -2.73. The van der Waals surface area contributed by atoms with E-state index in [1.807, 2.05) is 0 Å². The first-order valence-corrected chi connectivity index (χ1v) is 4.13. The molecule has 70 valence electrons. The standard InChI is InChI=1S/C6H4FNO4S.Na/c7-4-1-2-6(13(11)12)5(3-4)8(9)10;/h1-3H,(H,11,12);/q;+1/p-1. The van der Waals surface area contributed by atoms with Crippen LogP contribution in [-0.2, 0) is 11.1 Å². The number of hydrogen-bond acceptors (Lipinski definition) is 4. The van der Waals surface area contributed by atoms with Crippen LogP contribution in [0.4, 0.5) is 10.1 Å². The van der Waals surface area contributed by atoms with Crippen LogP contribution in [0.3, 0.4) is 0 Å². The van der Waals surface area contributed by atoms with Crippen LogP contribution in [0.15, 0.2) is 23.1 Å². The van der Waals surface area contributed by atoms with Gasteiger partial charge in [0.05, 0.1) is 11.0 Å². The number of halogens is 1. The predicted molar refractivity (Wildman–Crippen MR) is 40.2 cm³/mol. The molecule has 0 heterocycles. The second-order valence-corrected chi connectivity index (χ2v) is 3.01. The first-order valence-electron chi connectivity index (χ1n) is 3.05. The van der Waals surface area contributed by atoms with Crippen molar-refractivity contribution in [3.05, 3.63) is 34.1 Å². The number of hydrogen-bond donors (Lipinski definition) is 0. The Morgan fingerprint density at radius 2 is 2.00 bits per heavy atom. The molecular weight excluding hydrogens is 224 g/mol. The molecule has 0 aliphatic carbocycles. The molecule has 0 amide bonds. The van der Waals surface area contributed by atoms with E-state index in [9.17, 15) is 23.3 Å². The van der Waals surface area contributed by atoms with Crippen molar-refractivity contribution in [2.45, 2.75) is 4.90 Å². The summed E-state index contributed by atoms with van der Waals surface area (Å²) in [7, 11) is 0. The van der Waals surface area contributed by atoms with E-state index in [0.717, 1.165) is 12.1 Å². The van der Waals surface area contributed by atoms with Crippen LogP contribution in [-0.4, -0.2) is 13.7 Å². The summed E-state index contributed by atoms with van der Waals surface area (Å²) in [6.07, 6.45) is 0. The summed E-state index contributed by atoms with van der Waals surface area (Å²) in [4.78, 5) is 8.77. The van der Waals surface area contributed by atoms with Gasteiger partial charge in [-0.05, 0) is 23.2 Å². The van der Waals surface area contributed by atoms with E-state index >= 15 is 0 Å².